The lowest BCUT2D eigenvalue weighted by atomic mass is 10.2. The lowest BCUT2D eigenvalue weighted by Gasteiger charge is -2.27. The number of aromatic nitrogens is 1. The predicted octanol–water partition coefficient (Wildman–Crippen LogP) is 3.93. The van der Waals surface area contributed by atoms with Crippen molar-refractivity contribution in [2.75, 3.05) is 13.1 Å². The molecule has 168 valence electrons. The summed E-state index contributed by atoms with van der Waals surface area (Å²) < 4.78 is 11.2. The fourth-order valence-electron chi connectivity index (χ4n) is 2.77. The van der Waals surface area contributed by atoms with Gasteiger partial charge in [-0.2, -0.15) is 0 Å². The molecule has 0 saturated heterocycles. The summed E-state index contributed by atoms with van der Waals surface area (Å²) in [6, 6.07) is 13.5. The van der Waals surface area contributed by atoms with Gasteiger partial charge in [0, 0.05) is 25.5 Å². The summed E-state index contributed by atoms with van der Waals surface area (Å²) in [5.41, 5.74) is 1.36. The van der Waals surface area contributed by atoms with Crippen LogP contribution in [0.1, 0.15) is 45.2 Å². The average molecular weight is 428 g/mol. The van der Waals surface area contributed by atoms with E-state index in [4.69, 9.17) is 9.47 Å². The molecule has 31 heavy (non-hydrogen) atoms. The van der Waals surface area contributed by atoms with Crippen molar-refractivity contribution in [1.29, 1.82) is 0 Å². The zero-order valence-electron chi connectivity index (χ0n) is 18.8. The van der Waals surface area contributed by atoms with Crippen LogP contribution in [0.15, 0.2) is 54.9 Å². The molecule has 1 aromatic carbocycles. The summed E-state index contributed by atoms with van der Waals surface area (Å²) in [6.45, 7) is 8.90. The molecule has 1 aromatic heterocycles. The summed E-state index contributed by atoms with van der Waals surface area (Å²) in [6.07, 6.45) is 3.07. The first-order valence-corrected chi connectivity index (χ1v) is 10.5. The lowest BCUT2D eigenvalue weighted by Crippen LogP contribution is -2.39. The third-order valence-corrected chi connectivity index (χ3v) is 4.36. The minimum absolute atomic E-state index is 0.174. The highest BCUT2D eigenvalue weighted by Crippen LogP contribution is 2.13. The van der Waals surface area contributed by atoms with E-state index in [1.165, 1.54) is 0 Å². The maximum absolute atomic E-state index is 12.6. The van der Waals surface area contributed by atoms with Gasteiger partial charge in [0.2, 0.25) is 5.91 Å². The summed E-state index contributed by atoms with van der Waals surface area (Å²) in [5, 5.41) is 2.87. The highest BCUT2D eigenvalue weighted by Gasteiger charge is 2.22. The van der Waals surface area contributed by atoms with Crippen molar-refractivity contribution in [2.45, 2.75) is 59.0 Å². The maximum atomic E-state index is 12.6. The third-order valence-electron chi connectivity index (χ3n) is 4.36. The Balaban J connectivity index is 1.79. The number of hydrogen-bond donors (Lipinski definition) is 1. The number of carbonyl (C=O) groups is 2. The number of amides is 2. The Hall–Kier alpha value is -2.93. The number of ether oxygens (including phenoxy) is 2. The molecule has 7 nitrogen and oxygen atoms in total. The standard InChI is InChI=1S/C24H33N3O4/c1-19(30-18-20-10-6-5-7-11-20)22(28)26-14-9-15-27(23(29)31-24(2,3)4)17-21-12-8-13-25-16-21/h5-8,10-13,16,19H,9,14-15,17-18H2,1-4H3,(H,26,28). The first-order valence-electron chi connectivity index (χ1n) is 10.5. The van der Waals surface area contributed by atoms with Gasteiger partial charge in [-0.25, -0.2) is 4.79 Å². The van der Waals surface area contributed by atoms with E-state index >= 15 is 0 Å². The lowest BCUT2D eigenvalue weighted by molar-refractivity contribution is -0.132. The van der Waals surface area contributed by atoms with Crippen molar-refractivity contribution in [3.05, 3.63) is 66.0 Å². The number of rotatable bonds is 10. The topological polar surface area (TPSA) is 80.8 Å². The van der Waals surface area contributed by atoms with Crippen LogP contribution in [0.4, 0.5) is 4.79 Å². The van der Waals surface area contributed by atoms with Gasteiger partial charge in [-0.05, 0) is 51.3 Å². The van der Waals surface area contributed by atoms with E-state index in [-0.39, 0.29) is 12.0 Å². The van der Waals surface area contributed by atoms with Crippen molar-refractivity contribution < 1.29 is 19.1 Å². The molecule has 2 aromatic rings. The minimum atomic E-state index is -0.579. The van der Waals surface area contributed by atoms with Gasteiger partial charge in [-0.15, -0.1) is 0 Å². The highest BCUT2D eigenvalue weighted by molar-refractivity contribution is 5.80. The van der Waals surface area contributed by atoms with Gasteiger partial charge in [0.1, 0.15) is 11.7 Å². The van der Waals surface area contributed by atoms with Crippen LogP contribution in [-0.4, -0.2) is 46.7 Å². The molecular formula is C24H33N3O4. The van der Waals surface area contributed by atoms with Crippen molar-refractivity contribution in [3.8, 4) is 0 Å². The van der Waals surface area contributed by atoms with Gasteiger partial charge >= 0.3 is 6.09 Å². The van der Waals surface area contributed by atoms with Gasteiger partial charge in [-0.1, -0.05) is 36.4 Å². The first-order chi connectivity index (χ1) is 14.7. The molecular weight excluding hydrogens is 394 g/mol. The third kappa shape index (κ3) is 9.61. The molecule has 1 unspecified atom stereocenters. The van der Waals surface area contributed by atoms with Crippen molar-refractivity contribution in [1.82, 2.24) is 15.2 Å². The van der Waals surface area contributed by atoms with Gasteiger partial charge in [0.25, 0.3) is 0 Å². The summed E-state index contributed by atoms with van der Waals surface area (Å²) in [5.74, 6) is -0.174. The molecule has 2 rings (SSSR count). The predicted molar refractivity (Wildman–Crippen MR) is 119 cm³/mol. The van der Waals surface area contributed by atoms with Crippen LogP contribution >= 0.6 is 0 Å². The Morgan fingerprint density at radius 2 is 1.81 bits per heavy atom. The molecule has 0 spiro atoms. The molecule has 1 atom stereocenters. The molecule has 0 fully saturated rings. The normalized spacial score (nSPS) is 12.1. The van der Waals surface area contributed by atoms with Crippen LogP contribution in [-0.2, 0) is 27.4 Å². The number of nitrogens with zero attached hydrogens (tertiary/aromatic N) is 2. The molecule has 0 saturated carbocycles. The fraction of sp³-hybridized carbons (Fsp3) is 0.458. The van der Waals surface area contributed by atoms with Gasteiger partial charge in [-0.3, -0.25) is 9.78 Å². The molecule has 0 radical (unpaired) electrons. The van der Waals surface area contributed by atoms with E-state index in [1.54, 1.807) is 24.2 Å². The van der Waals surface area contributed by atoms with Crippen LogP contribution in [0, 0.1) is 0 Å². The molecule has 1 heterocycles. The van der Waals surface area contributed by atoms with E-state index < -0.39 is 11.7 Å². The molecule has 0 aliphatic rings. The van der Waals surface area contributed by atoms with Crippen LogP contribution in [0.25, 0.3) is 0 Å². The number of nitrogens with one attached hydrogen (secondary N) is 1. The molecule has 0 aliphatic heterocycles. The van der Waals surface area contributed by atoms with E-state index in [0.29, 0.717) is 32.7 Å². The van der Waals surface area contributed by atoms with E-state index in [1.807, 2.05) is 63.2 Å². The van der Waals surface area contributed by atoms with Crippen LogP contribution < -0.4 is 5.32 Å². The molecule has 0 bridgehead atoms. The first kappa shape index (κ1) is 24.3. The smallest absolute Gasteiger partial charge is 0.410 e. The maximum Gasteiger partial charge on any atom is 0.410 e. The number of carbonyl (C=O) groups excluding carboxylic acids is 2. The number of benzene rings is 1. The Bertz CT molecular complexity index is 807. The fourth-order valence-corrected chi connectivity index (χ4v) is 2.77. The number of hydrogen-bond acceptors (Lipinski definition) is 5. The van der Waals surface area contributed by atoms with E-state index in [9.17, 15) is 9.59 Å². The summed E-state index contributed by atoms with van der Waals surface area (Å²) in [4.78, 5) is 30.6. The second-order valence-corrected chi connectivity index (χ2v) is 8.35. The quantitative estimate of drug-likeness (QED) is 0.581. The van der Waals surface area contributed by atoms with Crippen molar-refractivity contribution >= 4 is 12.0 Å². The molecule has 0 aliphatic carbocycles. The SMILES string of the molecule is CC(OCc1ccccc1)C(=O)NCCCN(Cc1cccnc1)C(=O)OC(C)(C)C. The highest BCUT2D eigenvalue weighted by atomic mass is 16.6. The second-order valence-electron chi connectivity index (χ2n) is 8.35. The van der Waals surface area contributed by atoms with Crippen LogP contribution in [0.5, 0.6) is 0 Å². The Morgan fingerprint density at radius 3 is 2.45 bits per heavy atom. The Morgan fingerprint density at radius 1 is 1.10 bits per heavy atom. The molecule has 7 heteroatoms. The average Bonchev–Trinajstić information content (AvgIpc) is 2.74. The van der Waals surface area contributed by atoms with E-state index in [0.717, 1.165) is 11.1 Å². The molecule has 1 N–H and O–H groups in total. The largest absolute Gasteiger partial charge is 0.444 e. The minimum Gasteiger partial charge on any atom is -0.444 e. The van der Waals surface area contributed by atoms with E-state index in [2.05, 4.69) is 10.3 Å². The van der Waals surface area contributed by atoms with Gasteiger partial charge in [0.05, 0.1) is 13.2 Å². The summed E-state index contributed by atoms with van der Waals surface area (Å²) in [7, 11) is 0. The second kappa shape index (κ2) is 12.1. The van der Waals surface area contributed by atoms with Crippen LogP contribution in [0.3, 0.4) is 0 Å². The van der Waals surface area contributed by atoms with Gasteiger partial charge in [0.15, 0.2) is 0 Å². The zero-order valence-corrected chi connectivity index (χ0v) is 18.8. The zero-order chi connectivity index (χ0) is 22.7. The van der Waals surface area contributed by atoms with Crippen molar-refractivity contribution in [2.24, 2.45) is 0 Å². The number of pyridine rings is 1. The van der Waals surface area contributed by atoms with Gasteiger partial charge < -0.3 is 19.7 Å². The summed E-state index contributed by atoms with van der Waals surface area (Å²) >= 11 is 0. The van der Waals surface area contributed by atoms with Crippen LogP contribution in [0.2, 0.25) is 0 Å². The monoisotopic (exact) mass is 427 g/mol. The molecule has 2 amide bonds. The van der Waals surface area contributed by atoms with Crippen molar-refractivity contribution in [3.63, 3.8) is 0 Å². The Kier molecular flexibility index (Phi) is 9.46. The Labute approximate surface area is 184 Å².